The second-order valence-corrected chi connectivity index (χ2v) is 5.31. The molecule has 4 nitrogen and oxygen atoms in total. The van der Waals surface area contributed by atoms with Crippen LogP contribution in [0.4, 0.5) is 0 Å². The van der Waals surface area contributed by atoms with Gasteiger partial charge in [0.2, 0.25) is 0 Å². The zero-order chi connectivity index (χ0) is 16.4. The molecule has 0 aromatic heterocycles. The van der Waals surface area contributed by atoms with Crippen molar-refractivity contribution in [3.63, 3.8) is 0 Å². The van der Waals surface area contributed by atoms with Crippen LogP contribution in [-0.4, -0.2) is 11.9 Å². The lowest BCUT2D eigenvalue weighted by atomic mass is 10.0. The Morgan fingerprint density at radius 3 is 2.09 bits per heavy atom. The van der Waals surface area contributed by atoms with Crippen LogP contribution >= 0.6 is 0 Å². The van der Waals surface area contributed by atoms with Crippen molar-refractivity contribution >= 4 is 11.9 Å². The van der Waals surface area contributed by atoms with Gasteiger partial charge < -0.3 is 9.47 Å². The third-order valence-electron chi connectivity index (χ3n) is 3.59. The molecule has 0 saturated carbocycles. The molecule has 0 bridgehead atoms. The van der Waals surface area contributed by atoms with Crippen LogP contribution in [0.1, 0.15) is 59.3 Å². The summed E-state index contributed by atoms with van der Waals surface area (Å²) in [5.74, 6) is -0.0844. The van der Waals surface area contributed by atoms with E-state index >= 15 is 0 Å². The molecule has 0 saturated heterocycles. The van der Waals surface area contributed by atoms with E-state index in [1.807, 2.05) is 13.8 Å². The average molecular weight is 306 g/mol. The average Bonchev–Trinajstić information content (AvgIpc) is 2.51. The number of unbranched alkanes of at least 4 members (excludes halogenated alkanes) is 2. The number of para-hydroxylation sites is 2. The Hall–Kier alpha value is -1.84. The molecular weight excluding hydrogens is 280 g/mol. The largest absolute Gasteiger partial charge is 0.423 e. The Bertz CT molecular complexity index is 478. The lowest BCUT2D eigenvalue weighted by Gasteiger charge is -2.14. The van der Waals surface area contributed by atoms with Gasteiger partial charge in [0, 0.05) is 6.42 Å². The van der Waals surface area contributed by atoms with Crippen molar-refractivity contribution in [3.05, 3.63) is 24.3 Å². The Morgan fingerprint density at radius 2 is 1.55 bits per heavy atom. The van der Waals surface area contributed by atoms with Crippen molar-refractivity contribution < 1.29 is 19.1 Å². The monoisotopic (exact) mass is 306 g/mol. The fraction of sp³-hybridized carbons (Fsp3) is 0.556. The topological polar surface area (TPSA) is 52.6 Å². The first-order chi connectivity index (χ1) is 10.6. The summed E-state index contributed by atoms with van der Waals surface area (Å²) in [6.45, 7) is 5.99. The highest BCUT2D eigenvalue weighted by atomic mass is 16.6. The first-order valence-electron chi connectivity index (χ1n) is 8.13. The quantitative estimate of drug-likeness (QED) is 0.382. The molecule has 0 amide bonds. The van der Waals surface area contributed by atoms with Crippen LogP contribution in [0.3, 0.4) is 0 Å². The van der Waals surface area contributed by atoms with E-state index in [-0.39, 0.29) is 17.9 Å². The predicted molar refractivity (Wildman–Crippen MR) is 85.9 cm³/mol. The number of hydrogen-bond acceptors (Lipinski definition) is 4. The number of carbonyl (C=O) groups is 2. The molecule has 122 valence electrons. The molecule has 0 N–H and O–H groups in total. The maximum Gasteiger partial charge on any atom is 0.314 e. The Kier molecular flexibility index (Phi) is 8.26. The molecule has 1 rings (SSSR count). The Labute approximate surface area is 132 Å². The standard InChI is InChI=1S/C18H26O4/c1-4-7-8-13-17(19)21-15-11-9-10-12-16(15)22-18(20)14(5-2)6-3/h9-12,14H,4-8,13H2,1-3H3. The van der Waals surface area contributed by atoms with Gasteiger partial charge in [-0.1, -0.05) is 45.7 Å². The van der Waals surface area contributed by atoms with E-state index in [1.165, 1.54) is 0 Å². The molecule has 0 heterocycles. The number of ether oxygens (including phenoxy) is 2. The molecule has 0 aliphatic rings. The molecule has 1 aromatic carbocycles. The van der Waals surface area contributed by atoms with E-state index in [9.17, 15) is 9.59 Å². The highest BCUT2D eigenvalue weighted by Crippen LogP contribution is 2.28. The molecule has 0 unspecified atom stereocenters. The second-order valence-electron chi connectivity index (χ2n) is 5.31. The smallest absolute Gasteiger partial charge is 0.314 e. The van der Waals surface area contributed by atoms with Crippen molar-refractivity contribution in [1.82, 2.24) is 0 Å². The van der Waals surface area contributed by atoms with E-state index in [0.717, 1.165) is 32.1 Å². The molecule has 0 aliphatic carbocycles. The first-order valence-corrected chi connectivity index (χ1v) is 8.13. The number of benzene rings is 1. The number of rotatable bonds is 9. The van der Waals surface area contributed by atoms with Gasteiger partial charge in [-0.05, 0) is 31.4 Å². The number of esters is 2. The van der Waals surface area contributed by atoms with Crippen LogP contribution in [0.25, 0.3) is 0 Å². The van der Waals surface area contributed by atoms with E-state index < -0.39 is 0 Å². The van der Waals surface area contributed by atoms with Gasteiger partial charge >= 0.3 is 11.9 Å². The van der Waals surface area contributed by atoms with Crippen LogP contribution in [0.15, 0.2) is 24.3 Å². The fourth-order valence-electron chi connectivity index (χ4n) is 2.13. The Balaban J connectivity index is 2.69. The summed E-state index contributed by atoms with van der Waals surface area (Å²) >= 11 is 0. The minimum atomic E-state index is -0.292. The minimum Gasteiger partial charge on any atom is -0.423 e. The van der Waals surface area contributed by atoms with E-state index in [2.05, 4.69) is 6.92 Å². The van der Waals surface area contributed by atoms with Crippen LogP contribution in [0, 0.1) is 5.92 Å². The first kappa shape index (κ1) is 18.2. The third-order valence-corrected chi connectivity index (χ3v) is 3.59. The lowest BCUT2D eigenvalue weighted by Crippen LogP contribution is -2.20. The summed E-state index contributed by atoms with van der Waals surface area (Å²) in [6, 6.07) is 6.80. The molecule has 1 aromatic rings. The van der Waals surface area contributed by atoms with E-state index in [1.54, 1.807) is 24.3 Å². The highest BCUT2D eigenvalue weighted by Gasteiger charge is 2.19. The molecule has 0 atom stereocenters. The van der Waals surface area contributed by atoms with E-state index in [0.29, 0.717) is 17.9 Å². The number of carbonyl (C=O) groups excluding carboxylic acids is 2. The van der Waals surface area contributed by atoms with Gasteiger partial charge in [-0.2, -0.15) is 0 Å². The molecule has 22 heavy (non-hydrogen) atoms. The molecule has 0 spiro atoms. The predicted octanol–water partition coefficient (Wildman–Crippen LogP) is 4.51. The maximum atomic E-state index is 12.1. The zero-order valence-corrected chi connectivity index (χ0v) is 13.8. The molecule has 4 heteroatoms. The van der Waals surface area contributed by atoms with Crippen molar-refractivity contribution in [3.8, 4) is 11.5 Å². The summed E-state index contributed by atoms with van der Waals surface area (Å²) in [5, 5.41) is 0. The maximum absolute atomic E-state index is 12.1. The summed E-state index contributed by atoms with van der Waals surface area (Å²) in [5.41, 5.74) is 0. The normalized spacial score (nSPS) is 10.5. The SMILES string of the molecule is CCCCCC(=O)Oc1ccccc1OC(=O)C(CC)CC. The van der Waals surface area contributed by atoms with Crippen LogP contribution < -0.4 is 9.47 Å². The summed E-state index contributed by atoms with van der Waals surface area (Å²) in [4.78, 5) is 23.9. The van der Waals surface area contributed by atoms with Gasteiger partial charge in [-0.15, -0.1) is 0 Å². The summed E-state index contributed by atoms with van der Waals surface area (Å²) in [6.07, 6.45) is 4.70. The molecule has 0 radical (unpaired) electrons. The van der Waals surface area contributed by atoms with Crippen molar-refractivity contribution in [2.75, 3.05) is 0 Å². The van der Waals surface area contributed by atoms with Crippen LogP contribution in [0.2, 0.25) is 0 Å². The molecule has 0 fully saturated rings. The van der Waals surface area contributed by atoms with Crippen LogP contribution in [0.5, 0.6) is 11.5 Å². The molecule has 0 aliphatic heterocycles. The summed E-state index contributed by atoms with van der Waals surface area (Å²) < 4.78 is 10.7. The minimum absolute atomic E-state index is 0.131. The second kappa shape index (κ2) is 9.98. The lowest BCUT2D eigenvalue weighted by molar-refractivity contribution is -0.140. The van der Waals surface area contributed by atoms with E-state index in [4.69, 9.17) is 9.47 Å². The van der Waals surface area contributed by atoms with Crippen LogP contribution in [-0.2, 0) is 9.59 Å². The summed E-state index contributed by atoms with van der Waals surface area (Å²) in [7, 11) is 0. The highest BCUT2D eigenvalue weighted by molar-refractivity contribution is 5.77. The van der Waals surface area contributed by atoms with Gasteiger partial charge in [0.05, 0.1) is 5.92 Å². The zero-order valence-electron chi connectivity index (χ0n) is 13.8. The van der Waals surface area contributed by atoms with Crippen molar-refractivity contribution in [2.45, 2.75) is 59.3 Å². The fourth-order valence-corrected chi connectivity index (χ4v) is 2.13. The van der Waals surface area contributed by atoms with Gasteiger partial charge in [0.15, 0.2) is 11.5 Å². The van der Waals surface area contributed by atoms with Gasteiger partial charge in [0.1, 0.15) is 0 Å². The van der Waals surface area contributed by atoms with Crippen molar-refractivity contribution in [2.24, 2.45) is 5.92 Å². The van der Waals surface area contributed by atoms with Crippen molar-refractivity contribution in [1.29, 1.82) is 0 Å². The molecular formula is C18H26O4. The van der Waals surface area contributed by atoms with Gasteiger partial charge in [-0.25, -0.2) is 0 Å². The van der Waals surface area contributed by atoms with Gasteiger partial charge in [-0.3, -0.25) is 9.59 Å². The third kappa shape index (κ3) is 5.88. The number of hydrogen-bond donors (Lipinski definition) is 0. The van der Waals surface area contributed by atoms with Gasteiger partial charge in [0.25, 0.3) is 0 Å². The Morgan fingerprint density at radius 1 is 0.955 bits per heavy atom.